The zero-order chi connectivity index (χ0) is 16.2. The summed E-state index contributed by atoms with van der Waals surface area (Å²) in [5, 5.41) is 2.78. The summed E-state index contributed by atoms with van der Waals surface area (Å²) in [6, 6.07) is -0.248. The van der Waals surface area contributed by atoms with Gasteiger partial charge in [0.1, 0.15) is 0 Å². The maximum absolute atomic E-state index is 12.1. The molecule has 0 aromatic heterocycles. The summed E-state index contributed by atoms with van der Waals surface area (Å²) < 4.78 is 29.4. The van der Waals surface area contributed by atoms with Crippen LogP contribution in [0, 0.1) is 0 Å². The smallest absolute Gasteiger partial charge is 0.237 e. The molecule has 1 amide bonds. The maximum Gasteiger partial charge on any atom is 0.237 e. The van der Waals surface area contributed by atoms with Gasteiger partial charge in [-0.15, -0.1) is 0 Å². The third kappa shape index (κ3) is 5.90. The van der Waals surface area contributed by atoms with Gasteiger partial charge in [-0.25, -0.2) is 12.7 Å². The van der Waals surface area contributed by atoms with Gasteiger partial charge in [-0.1, -0.05) is 0 Å². The number of sulfonamides is 1. The van der Waals surface area contributed by atoms with E-state index in [0.717, 1.165) is 19.3 Å². The van der Waals surface area contributed by atoms with E-state index in [1.807, 2.05) is 20.8 Å². The van der Waals surface area contributed by atoms with E-state index in [9.17, 15) is 13.2 Å². The van der Waals surface area contributed by atoms with Crippen LogP contribution in [-0.4, -0.2) is 81.3 Å². The van der Waals surface area contributed by atoms with Crippen LogP contribution in [-0.2, 0) is 19.6 Å². The molecule has 124 valence electrons. The van der Waals surface area contributed by atoms with Crippen molar-refractivity contribution in [3.8, 4) is 0 Å². The summed E-state index contributed by atoms with van der Waals surface area (Å²) in [7, 11) is -1.70. The third-order valence-corrected chi connectivity index (χ3v) is 4.98. The Bertz CT molecular complexity index is 444. The van der Waals surface area contributed by atoms with Crippen LogP contribution in [0.3, 0.4) is 0 Å². The molecule has 0 unspecified atom stereocenters. The first-order valence-electron chi connectivity index (χ1n) is 7.19. The topological polar surface area (TPSA) is 79.0 Å². The summed E-state index contributed by atoms with van der Waals surface area (Å²) >= 11 is 0. The van der Waals surface area contributed by atoms with Crippen molar-refractivity contribution < 1.29 is 17.9 Å². The quantitative estimate of drug-likeness (QED) is 0.713. The lowest BCUT2D eigenvalue weighted by atomic mass is 10.1. The number of amides is 1. The first-order chi connectivity index (χ1) is 9.61. The zero-order valence-electron chi connectivity index (χ0n) is 13.5. The number of likely N-dealkylation sites (N-methyl/N-ethyl adjacent to an activating group) is 1. The fourth-order valence-corrected chi connectivity index (χ4v) is 2.77. The summed E-state index contributed by atoms with van der Waals surface area (Å²) in [6.07, 6.45) is 1.37. The predicted octanol–water partition coefficient (Wildman–Crippen LogP) is -0.508. The second kappa shape index (κ2) is 7.53. The van der Waals surface area contributed by atoms with Crippen molar-refractivity contribution in [3.63, 3.8) is 0 Å². The number of hydrogen-bond donors (Lipinski definition) is 1. The van der Waals surface area contributed by atoms with Crippen LogP contribution >= 0.6 is 0 Å². The Labute approximate surface area is 127 Å². The molecule has 0 aromatic carbocycles. The van der Waals surface area contributed by atoms with Gasteiger partial charge < -0.3 is 10.1 Å². The van der Waals surface area contributed by atoms with Gasteiger partial charge in [0.15, 0.2) is 0 Å². The van der Waals surface area contributed by atoms with Gasteiger partial charge in [0, 0.05) is 33.2 Å². The van der Waals surface area contributed by atoms with E-state index < -0.39 is 10.0 Å². The van der Waals surface area contributed by atoms with Crippen molar-refractivity contribution in [1.82, 2.24) is 14.5 Å². The van der Waals surface area contributed by atoms with Gasteiger partial charge in [-0.05, 0) is 20.8 Å². The molecule has 8 heteroatoms. The number of ether oxygens (including phenoxy) is 1. The number of carbonyl (C=O) groups is 1. The number of nitrogens with one attached hydrogen (secondary N) is 1. The Morgan fingerprint density at radius 3 is 2.38 bits per heavy atom. The van der Waals surface area contributed by atoms with E-state index in [2.05, 4.69) is 10.2 Å². The molecule has 1 N–H and O–H groups in total. The number of rotatable bonds is 6. The highest BCUT2D eigenvalue weighted by molar-refractivity contribution is 7.88. The molecule has 21 heavy (non-hydrogen) atoms. The van der Waals surface area contributed by atoms with Crippen molar-refractivity contribution in [2.24, 2.45) is 0 Å². The average molecular weight is 321 g/mol. The molecular formula is C13H27N3O4S. The van der Waals surface area contributed by atoms with Gasteiger partial charge in [0.2, 0.25) is 15.9 Å². The predicted molar refractivity (Wildman–Crippen MR) is 81.5 cm³/mol. The molecule has 7 nitrogen and oxygen atoms in total. The fourth-order valence-electron chi connectivity index (χ4n) is 2.35. The zero-order valence-corrected chi connectivity index (χ0v) is 14.3. The minimum Gasteiger partial charge on any atom is -0.373 e. The molecule has 1 aliphatic heterocycles. The van der Waals surface area contributed by atoms with Crippen molar-refractivity contribution >= 4 is 15.9 Å². The molecule has 0 aliphatic carbocycles. The lowest BCUT2D eigenvalue weighted by Crippen LogP contribution is -2.54. The Morgan fingerprint density at radius 2 is 1.90 bits per heavy atom. The normalized spacial score (nSPS) is 25.8. The molecule has 1 heterocycles. The van der Waals surface area contributed by atoms with Gasteiger partial charge in [-0.2, -0.15) is 0 Å². The highest BCUT2D eigenvalue weighted by Crippen LogP contribution is 2.13. The van der Waals surface area contributed by atoms with E-state index in [4.69, 9.17) is 4.74 Å². The van der Waals surface area contributed by atoms with Crippen LogP contribution in [0.2, 0.25) is 0 Å². The van der Waals surface area contributed by atoms with Crippen LogP contribution in [0.5, 0.6) is 0 Å². The summed E-state index contributed by atoms with van der Waals surface area (Å²) in [4.78, 5) is 14.2. The maximum atomic E-state index is 12.1. The second-order valence-electron chi connectivity index (χ2n) is 5.76. The molecule has 1 fully saturated rings. The standard InChI is InChI=1S/C13H27N3O4S/c1-10-8-16(9-11(2)20-10)12(3)13(17)14-6-7-15(4)21(5,18)19/h10-12H,6-9H2,1-5H3,(H,14,17)/t10-,11+,12-/m0/s1. The van der Waals surface area contributed by atoms with Crippen molar-refractivity contribution in [3.05, 3.63) is 0 Å². The van der Waals surface area contributed by atoms with Crippen molar-refractivity contribution in [2.75, 3.05) is 39.5 Å². The Hall–Kier alpha value is -0.700. The van der Waals surface area contributed by atoms with E-state index in [0.29, 0.717) is 6.54 Å². The molecule has 0 bridgehead atoms. The Morgan fingerprint density at radius 1 is 1.38 bits per heavy atom. The molecule has 1 saturated heterocycles. The fraction of sp³-hybridized carbons (Fsp3) is 0.923. The number of hydrogen-bond acceptors (Lipinski definition) is 5. The van der Waals surface area contributed by atoms with E-state index in [1.165, 1.54) is 11.4 Å². The lowest BCUT2D eigenvalue weighted by Gasteiger charge is -2.38. The molecule has 3 atom stereocenters. The van der Waals surface area contributed by atoms with E-state index >= 15 is 0 Å². The Balaban J connectivity index is 2.41. The minimum atomic E-state index is -3.20. The highest BCUT2D eigenvalue weighted by Gasteiger charge is 2.29. The number of nitrogens with zero attached hydrogens (tertiary/aromatic N) is 2. The molecule has 0 aromatic rings. The minimum absolute atomic E-state index is 0.0850. The van der Waals surface area contributed by atoms with Gasteiger partial charge in [0.25, 0.3) is 0 Å². The van der Waals surface area contributed by atoms with E-state index in [1.54, 1.807) is 0 Å². The van der Waals surface area contributed by atoms with Crippen molar-refractivity contribution in [2.45, 2.75) is 39.0 Å². The molecule has 0 radical (unpaired) electrons. The molecule has 0 spiro atoms. The summed E-state index contributed by atoms with van der Waals surface area (Å²) in [5.41, 5.74) is 0. The summed E-state index contributed by atoms with van der Waals surface area (Å²) in [6.45, 7) is 7.88. The van der Waals surface area contributed by atoms with Gasteiger partial charge in [0.05, 0.1) is 24.5 Å². The Kier molecular flexibility index (Phi) is 6.58. The molecular weight excluding hydrogens is 294 g/mol. The van der Waals surface area contributed by atoms with Crippen LogP contribution in [0.15, 0.2) is 0 Å². The van der Waals surface area contributed by atoms with Crippen LogP contribution in [0.4, 0.5) is 0 Å². The third-order valence-electron chi connectivity index (χ3n) is 3.67. The highest BCUT2D eigenvalue weighted by atomic mass is 32.2. The number of carbonyl (C=O) groups excluding carboxylic acids is 1. The van der Waals surface area contributed by atoms with Gasteiger partial charge >= 0.3 is 0 Å². The monoisotopic (exact) mass is 321 g/mol. The number of morpholine rings is 1. The summed E-state index contributed by atoms with van der Waals surface area (Å²) in [5.74, 6) is -0.0850. The van der Waals surface area contributed by atoms with Gasteiger partial charge in [-0.3, -0.25) is 9.69 Å². The van der Waals surface area contributed by atoms with E-state index in [-0.39, 0.29) is 30.7 Å². The van der Waals surface area contributed by atoms with Crippen LogP contribution < -0.4 is 5.32 Å². The molecule has 1 rings (SSSR count). The SMILES string of the molecule is C[C@@H]1CN([C@@H](C)C(=O)NCCN(C)S(C)(=O)=O)C[C@H](C)O1. The lowest BCUT2D eigenvalue weighted by molar-refractivity contribution is -0.131. The first kappa shape index (κ1) is 18.3. The largest absolute Gasteiger partial charge is 0.373 e. The van der Waals surface area contributed by atoms with Crippen LogP contribution in [0.25, 0.3) is 0 Å². The molecule has 0 saturated carbocycles. The van der Waals surface area contributed by atoms with Crippen LogP contribution in [0.1, 0.15) is 20.8 Å². The average Bonchev–Trinajstić information content (AvgIpc) is 2.35. The van der Waals surface area contributed by atoms with Crippen molar-refractivity contribution in [1.29, 1.82) is 0 Å². The molecule has 1 aliphatic rings. The second-order valence-corrected chi connectivity index (χ2v) is 7.85. The first-order valence-corrected chi connectivity index (χ1v) is 9.04.